The summed E-state index contributed by atoms with van der Waals surface area (Å²) >= 11 is 0. The number of furan rings is 1. The number of nitrogens with one attached hydrogen (secondary N) is 1. The van der Waals surface area contributed by atoms with Crippen molar-refractivity contribution in [2.45, 2.75) is 82.3 Å². The lowest BCUT2D eigenvalue weighted by Gasteiger charge is -2.33. The number of hydrogen-bond acceptors (Lipinski definition) is 4. The zero-order valence-electron chi connectivity index (χ0n) is 31.9. The average molecular weight is 730 g/mol. The van der Waals surface area contributed by atoms with E-state index in [1.165, 1.54) is 92.7 Å². The third-order valence-corrected chi connectivity index (χ3v) is 12.9. The van der Waals surface area contributed by atoms with E-state index in [2.05, 4.69) is 150 Å². The van der Waals surface area contributed by atoms with Gasteiger partial charge in [0, 0.05) is 51.5 Å². The SMILES string of the molecule is C1=CC2c3cc(-c4ccc(C5=CC(c6ccccc6)=NC(C6=CCCCC6)N5)cc4)ccc3N(C3=C(c4cccc5c6c(oc45)CCCC6)C=CCC3)C2C=C1. The van der Waals surface area contributed by atoms with E-state index in [0.29, 0.717) is 5.92 Å². The van der Waals surface area contributed by atoms with Crippen molar-refractivity contribution in [2.24, 2.45) is 4.99 Å². The normalized spacial score (nSPS) is 22.6. The monoisotopic (exact) mass is 729 g/mol. The first-order chi connectivity index (χ1) is 27.8. The second-order valence-electron chi connectivity index (χ2n) is 16.2. The van der Waals surface area contributed by atoms with Crippen LogP contribution in [0, 0.1) is 0 Å². The van der Waals surface area contributed by atoms with Gasteiger partial charge in [0.1, 0.15) is 17.5 Å². The van der Waals surface area contributed by atoms with Crippen LogP contribution in [0.5, 0.6) is 0 Å². The van der Waals surface area contributed by atoms with E-state index in [1.54, 1.807) is 0 Å². The molecule has 0 bridgehead atoms. The van der Waals surface area contributed by atoms with Crippen LogP contribution in [0.1, 0.15) is 90.9 Å². The maximum atomic E-state index is 6.70. The van der Waals surface area contributed by atoms with Crippen LogP contribution < -0.4 is 10.2 Å². The number of aryl methyl sites for hydroxylation is 2. The summed E-state index contributed by atoms with van der Waals surface area (Å²) < 4.78 is 6.70. The van der Waals surface area contributed by atoms with E-state index in [4.69, 9.17) is 9.41 Å². The molecule has 0 fully saturated rings. The summed E-state index contributed by atoms with van der Waals surface area (Å²) in [6.45, 7) is 0. The molecule has 1 N–H and O–H groups in total. The van der Waals surface area contributed by atoms with Crippen LogP contribution in [0.25, 0.3) is 33.4 Å². The van der Waals surface area contributed by atoms with Crippen LogP contribution in [-0.2, 0) is 12.8 Å². The van der Waals surface area contributed by atoms with Gasteiger partial charge in [-0.3, -0.25) is 4.99 Å². The van der Waals surface area contributed by atoms with Crippen molar-refractivity contribution < 1.29 is 4.42 Å². The van der Waals surface area contributed by atoms with Gasteiger partial charge in [-0.05, 0) is 109 Å². The highest BCUT2D eigenvalue weighted by molar-refractivity contribution is 6.13. The van der Waals surface area contributed by atoms with Crippen molar-refractivity contribution >= 4 is 33.6 Å². The molecule has 1 aromatic heterocycles. The fraction of sp³-hybridized carbons (Fsp3) is 0.250. The molecule has 4 aliphatic carbocycles. The highest BCUT2D eigenvalue weighted by Gasteiger charge is 2.39. The zero-order chi connectivity index (χ0) is 37.0. The van der Waals surface area contributed by atoms with Crippen molar-refractivity contribution in [3.05, 3.63) is 184 Å². The van der Waals surface area contributed by atoms with Gasteiger partial charge in [0.2, 0.25) is 0 Å². The van der Waals surface area contributed by atoms with Crippen LogP contribution in [0.15, 0.2) is 160 Å². The predicted molar refractivity (Wildman–Crippen MR) is 232 cm³/mol. The smallest absolute Gasteiger partial charge is 0.142 e. The first kappa shape index (κ1) is 33.5. The number of nitrogens with zero attached hydrogens (tertiary/aromatic N) is 2. The Bertz CT molecular complexity index is 2570. The molecule has 0 spiro atoms. The lowest BCUT2D eigenvalue weighted by atomic mass is 9.89. The molecule has 56 heavy (non-hydrogen) atoms. The van der Waals surface area contributed by atoms with E-state index in [0.717, 1.165) is 61.1 Å². The highest BCUT2D eigenvalue weighted by atomic mass is 16.3. The second kappa shape index (κ2) is 14.0. The van der Waals surface area contributed by atoms with E-state index < -0.39 is 0 Å². The van der Waals surface area contributed by atoms with Crippen LogP contribution in [-0.4, -0.2) is 17.9 Å². The summed E-state index contributed by atoms with van der Waals surface area (Å²) in [6.07, 6.45) is 30.0. The van der Waals surface area contributed by atoms with Gasteiger partial charge in [-0.1, -0.05) is 121 Å². The van der Waals surface area contributed by atoms with Crippen LogP contribution >= 0.6 is 0 Å². The van der Waals surface area contributed by atoms with E-state index in [-0.39, 0.29) is 12.2 Å². The summed E-state index contributed by atoms with van der Waals surface area (Å²) in [4.78, 5) is 7.86. The zero-order valence-corrected chi connectivity index (χ0v) is 31.9. The largest absolute Gasteiger partial charge is 0.460 e. The first-order valence-corrected chi connectivity index (χ1v) is 20.9. The van der Waals surface area contributed by atoms with Gasteiger partial charge in [-0.15, -0.1) is 0 Å². The van der Waals surface area contributed by atoms with Gasteiger partial charge in [0.25, 0.3) is 0 Å². The molecule has 3 heterocycles. The van der Waals surface area contributed by atoms with E-state index in [1.807, 2.05) is 0 Å². The highest BCUT2D eigenvalue weighted by Crippen LogP contribution is 2.50. The molecule has 0 saturated carbocycles. The first-order valence-electron chi connectivity index (χ1n) is 20.9. The number of hydrogen-bond donors (Lipinski definition) is 1. The number of para-hydroxylation sites is 1. The Labute approximate surface area is 330 Å². The quantitative estimate of drug-likeness (QED) is 0.177. The standard InChI is InChI=1S/C52H47N3O/c1-3-14-35(15-4-1)45-33-46(54-52(53-45)37-16-5-2-6-17-37)36-28-26-34(27-29-36)38-30-31-49-44(32-38)40-19-8-11-24-48(40)55(49)47-23-10-7-18-39(47)42-21-13-22-43-41-20-9-12-25-50(41)56-51(42)43/h1,3-4,7-8,11,13-16,18-19,21-22,24,26-33,40,48,52,54H,2,5-6,9-10,12,17,20,23,25H2. The lowest BCUT2D eigenvalue weighted by Crippen LogP contribution is -2.33. The number of aliphatic imine (C=N–C) groups is 1. The van der Waals surface area contributed by atoms with Gasteiger partial charge in [0.15, 0.2) is 0 Å². The molecule has 276 valence electrons. The average Bonchev–Trinajstić information content (AvgIpc) is 3.83. The number of anilines is 1. The molecule has 6 aliphatic rings. The summed E-state index contributed by atoms with van der Waals surface area (Å²) in [5.74, 6) is 1.49. The summed E-state index contributed by atoms with van der Waals surface area (Å²) in [6, 6.07) is 33.9. The molecule has 3 unspecified atom stereocenters. The minimum absolute atomic E-state index is 0.0250. The third-order valence-electron chi connectivity index (χ3n) is 12.9. The van der Waals surface area contributed by atoms with Gasteiger partial charge >= 0.3 is 0 Å². The minimum atomic E-state index is -0.0250. The molecule has 4 nitrogen and oxygen atoms in total. The predicted octanol–water partition coefficient (Wildman–Crippen LogP) is 12.4. The Kier molecular flexibility index (Phi) is 8.37. The van der Waals surface area contributed by atoms with E-state index in [9.17, 15) is 0 Å². The molecule has 2 aliphatic heterocycles. The Morgan fingerprint density at radius 2 is 1.55 bits per heavy atom. The summed E-state index contributed by atoms with van der Waals surface area (Å²) in [5, 5.41) is 5.11. The Morgan fingerprint density at radius 3 is 2.45 bits per heavy atom. The molecule has 11 rings (SSSR count). The molecule has 4 aromatic carbocycles. The maximum absolute atomic E-state index is 6.70. The van der Waals surface area contributed by atoms with Crippen molar-refractivity contribution in [1.82, 2.24) is 5.32 Å². The van der Waals surface area contributed by atoms with Gasteiger partial charge in [-0.2, -0.15) is 0 Å². The van der Waals surface area contributed by atoms with Crippen molar-refractivity contribution in [3.8, 4) is 11.1 Å². The van der Waals surface area contributed by atoms with Crippen molar-refractivity contribution in [3.63, 3.8) is 0 Å². The molecule has 3 atom stereocenters. The van der Waals surface area contributed by atoms with Gasteiger partial charge in [-0.25, -0.2) is 0 Å². The molecule has 0 saturated heterocycles. The molecule has 4 heteroatoms. The van der Waals surface area contributed by atoms with Crippen molar-refractivity contribution in [2.75, 3.05) is 4.90 Å². The van der Waals surface area contributed by atoms with Crippen LogP contribution in [0.3, 0.4) is 0 Å². The summed E-state index contributed by atoms with van der Waals surface area (Å²) in [5.41, 5.74) is 17.5. The molecular formula is C52H47N3O. The van der Waals surface area contributed by atoms with Crippen molar-refractivity contribution in [1.29, 1.82) is 0 Å². The number of allylic oxidation sites excluding steroid dienone is 8. The maximum Gasteiger partial charge on any atom is 0.142 e. The number of rotatable bonds is 6. The fourth-order valence-corrected chi connectivity index (χ4v) is 10.1. The molecule has 5 aromatic rings. The van der Waals surface area contributed by atoms with Gasteiger partial charge in [0.05, 0.1) is 11.8 Å². The lowest BCUT2D eigenvalue weighted by molar-refractivity contribution is 0.505. The Hall–Kier alpha value is -5.87. The van der Waals surface area contributed by atoms with Gasteiger partial charge < -0.3 is 14.6 Å². The minimum Gasteiger partial charge on any atom is -0.460 e. The number of fused-ring (bicyclic) bond motifs is 6. The third kappa shape index (κ3) is 5.77. The molecule has 0 radical (unpaired) electrons. The van der Waals surface area contributed by atoms with Crippen LogP contribution in [0.2, 0.25) is 0 Å². The molecule has 0 amide bonds. The summed E-state index contributed by atoms with van der Waals surface area (Å²) in [7, 11) is 0. The fourth-order valence-electron chi connectivity index (χ4n) is 10.1. The Morgan fingerprint density at radius 1 is 0.714 bits per heavy atom. The number of benzene rings is 4. The van der Waals surface area contributed by atoms with E-state index >= 15 is 0 Å². The topological polar surface area (TPSA) is 40.8 Å². The molecular weight excluding hydrogens is 683 g/mol. The van der Waals surface area contributed by atoms with Crippen LogP contribution in [0.4, 0.5) is 5.69 Å². The Balaban J connectivity index is 0.942. The second-order valence-corrected chi connectivity index (χ2v) is 16.2.